The van der Waals surface area contributed by atoms with E-state index in [4.69, 9.17) is 0 Å². The Bertz CT molecular complexity index is 244. The fourth-order valence-electron chi connectivity index (χ4n) is 1.75. The first-order valence-electron chi connectivity index (χ1n) is 7.75. The molecule has 0 aliphatic carbocycles. The lowest BCUT2D eigenvalue weighted by Crippen LogP contribution is -2.38. The topological polar surface area (TPSA) is 39.7 Å². The average molecular weight is 303 g/mol. The van der Waals surface area contributed by atoms with E-state index in [2.05, 4.69) is 47.7 Å². The van der Waals surface area contributed by atoms with E-state index < -0.39 is 0 Å². The number of rotatable bonds is 11. The Hall–Kier alpha value is -0.420. The minimum atomic E-state index is 0.638. The van der Waals surface area contributed by atoms with Crippen molar-refractivity contribution in [3.63, 3.8) is 0 Å². The molecule has 5 heteroatoms. The van der Waals surface area contributed by atoms with Gasteiger partial charge in [0.05, 0.1) is 0 Å². The SMILES string of the molecule is CN=C(NCCCCSC)NCCCCN(C)C(C)C. The van der Waals surface area contributed by atoms with Crippen LogP contribution in [-0.2, 0) is 0 Å². The van der Waals surface area contributed by atoms with E-state index in [9.17, 15) is 0 Å². The van der Waals surface area contributed by atoms with Crippen LogP contribution in [-0.4, -0.2) is 62.6 Å². The van der Waals surface area contributed by atoms with E-state index >= 15 is 0 Å². The van der Waals surface area contributed by atoms with Crippen LogP contribution in [0, 0.1) is 0 Å². The Balaban J connectivity index is 3.51. The Morgan fingerprint density at radius 2 is 1.70 bits per heavy atom. The van der Waals surface area contributed by atoms with Crippen molar-refractivity contribution in [3.8, 4) is 0 Å². The van der Waals surface area contributed by atoms with E-state index in [1.165, 1.54) is 38.0 Å². The van der Waals surface area contributed by atoms with Crippen molar-refractivity contribution in [1.29, 1.82) is 0 Å². The fraction of sp³-hybridized carbons (Fsp3) is 0.933. The van der Waals surface area contributed by atoms with Crippen molar-refractivity contribution in [2.24, 2.45) is 4.99 Å². The number of nitrogens with one attached hydrogen (secondary N) is 2. The van der Waals surface area contributed by atoms with Crippen molar-refractivity contribution < 1.29 is 0 Å². The summed E-state index contributed by atoms with van der Waals surface area (Å²) < 4.78 is 0. The predicted octanol–water partition coefficient (Wildman–Crippen LogP) is 2.42. The first-order valence-corrected chi connectivity index (χ1v) is 9.15. The van der Waals surface area contributed by atoms with Gasteiger partial charge in [-0.15, -0.1) is 0 Å². The van der Waals surface area contributed by atoms with Gasteiger partial charge in [0.15, 0.2) is 5.96 Å². The molecule has 0 fully saturated rings. The van der Waals surface area contributed by atoms with E-state index in [-0.39, 0.29) is 0 Å². The summed E-state index contributed by atoms with van der Waals surface area (Å²) in [5.74, 6) is 2.18. The molecule has 0 saturated heterocycles. The molecule has 0 heterocycles. The maximum Gasteiger partial charge on any atom is 0.190 e. The Morgan fingerprint density at radius 1 is 1.10 bits per heavy atom. The molecule has 4 nitrogen and oxygen atoms in total. The molecule has 0 aromatic heterocycles. The minimum Gasteiger partial charge on any atom is -0.356 e. The maximum absolute atomic E-state index is 4.25. The summed E-state index contributed by atoms with van der Waals surface area (Å²) in [4.78, 5) is 6.63. The first kappa shape index (κ1) is 19.6. The lowest BCUT2D eigenvalue weighted by atomic mass is 10.2. The zero-order valence-corrected chi connectivity index (χ0v) is 14.9. The molecule has 0 aromatic carbocycles. The molecule has 0 aromatic rings. The van der Waals surface area contributed by atoms with Crippen molar-refractivity contribution in [1.82, 2.24) is 15.5 Å². The van der Waals surface area contributed by atoms with Crippen LogP contribution in [0.2, 0.25) is 0 Å². The molecule has 0 radical (unpaired) electrons. The number of thioether (sulfide) groups is 1. The molecule has 0 rings (SSSR count). The van der Waals surface area contributed by atoms with Crippen LogP contribution < -0.4 is 10.6 Å². The Morgan fingerprint density at radius 3 is 2.20 bits per heavy atom. The summed E-state index contributed by atoms with van der Waals surface area (Å²) in [7, 11) is 4.02. The molecule has 0 amide bonds. The van der Waals surface area contributed by atoms with Crippen molar-refractivity contribution >= 4 is 17.7 Å². The van der Waals surface area contributed by atoms with Crippen LogP contribution in [0.5, 0.6) is 0 Å². The normalized spacial score (nSPS) is 12.2. The van der Waals surface area contributed by atoms with Gasteiger partial charge in [0.2, 0.25) is 0 Å². The van der Waals surface area contributed by atoms with E-state index in [0.717, 1.165) is 19.0 Å². The molecular formula is C15H34N4S. The third-order valence-corrected chi connectivity index (χ3v) is 4.10. The monoisotopic (exact) mass is 302 g/mol. The largest absolute Gasteiger partial charge is 0.356 e. The fourth-order valence-corrected chi connectivity index (χ4v) is 2.24. The van der Waals surface area contributed by atoms with Crippen LogP contribution in [0.3, 0.4) is 0 Å². The number of hydrogen-bond acceptors (Lipinski definition) is 3. The number of nitrogens with zero attached hydrogens (tertiary/aromatic N) is 2. The number of unbranched alkanes of at least 4 members (excludes halogenated alkanes) is 2. The van der Waals surface area contributed by atoms with Gasteiger partial charge in [-0.25, -0.2) is 0 Å². The molecule has 0 unspecified atom stereocenters. The lowest BCUT2D eigenvalue weighted by Gasteiger charge is -2.20. The second-order valence-electron chi connectivity index (χ2n) is 5.41. The van der Waals surface area contributed by atoms with Gasteiger partial charge >= 0.3 is 0 Å². The number of guanidine groups is 1. The van der Waals surface area contributed by atoms with Crippen LogP contribution in [0.4, 0.5) is 0 Å². The summed E-state index contributed by atoms with van der Waals surface area (Å²) in [6.45, 7) is 7.65. The van der Waals surface area contributed by atoms with Gasteiger partial charge in [0, 0.05) is 26.2 Å². The highest BCUT2D eigenvalue weighted by Crippen LogP contribution is 1.98. The van der Waals surface area contributed by atoms with Crippen molar-refractivity contribution in [3.05, 3.63) is 0 Å². The number of hydrogen-bond donors (Lipinski definition) is 2. The van der Waals surface area contributed by atoms with Crippen LogP contribution in [0.15, 0.2) is 4.99 Å². The first-order chi connectivity index (χ1) is 9.61. The molecule has 0 spiro atoms. The molecule has 2 N–H and O–H groups in total. The van der Waals surface area contributed by atoms with Crippen molar-refractivity contribution in [2.75, 3.05) is 45.7 Å². The smallest absolute Gasteiger partial charge is 0.190 e. The van der Waals surface area contributed by atoms with Crippen molar-refractivity contribution in [2.45, 2.75) is 45.6 Å². The van der Waals surface area contributed by atoms with E-state index in [1.807, 2.05) is 18.8 Å². The molecule has 120 valence electrons. The zero-order valence-electron chi connectivity index (χ0n) is 14.0. The second kappa shape index (κ2) is 13.6. The van der Waals surface area contributed by atoms with Crippen LogP contribution in [0.25, 0.3) is 0 Å². The molecule has 0 atom stereocenters. The van der Waals surface area contributed by atoms with Gasteiger partial charge in [0.25, 0.3) is 0 Å². The predicted molar refractivity (Wildman–Crippen MR) is 94.0 cm³/mol. The van der Waals surface area contributed by atoms with Gasteiger partial charge in [0.1, 0.15) is 0 Å². The summed E-state index contributed by atoms with van der Waals surface area (Å²) in [6.07, 6.45) is 7.05. The second-order valence-corrected chi connectivity index (χ2v) is 6.39. The molecule has 0 aliphatic heterocycles. The lowest BCUT2D eigenvalue weighted by molar-refractivity contribution is 0.268. The van der Waals surface area contributed by atoms with Gasteiger partial charge < -0.3 is 15.5 Å². The quantitative estimate of drug-likeness (QED) is 0.349. The summed E-state index contributed by atoms with van der Waals surface area (Å²) in [5.41, 5.74) is 0. The summed E-state index contributed by atoms with van der Waals surface area (Å²) in [5, 5.41) is 6.74. The maximum atomic E-state index is 4.25. The van der Waals surface area contributed by atoms with Gasteiger partial charge in [-0.3, -0.25) is 4.99 Å². The average Bonchev–Trinajstić information content (AvgIpc) is 2.44. The third-order valence-electron chi connectivity index (χ3n) is 3.40. The highest BCUT2D eigenvalue weighted by Gasteiger charge is 2.02. The van der Waals surface area contributed by atoms with Gasteiger partial charge in [-0.05, 0) is 65.1 Å². The highest BCUT2D eigenvalue weighted by molar-refractivity contribution is 7.98. The molecule has 20 heavy (non-hydrogen) atoms. The summed E-state index contributed by atoms with van der Waals surface area (Å²) in [6, 6.07) is 0.638. The van der Waals surface area contributed by atoms with Crippen LogP contribution >= 0.6 is 11.8 Å². The minimum absolute atomic E-state index is 0.638. The Labute approximate surface area is 130 Å². The van der Waals surface area contributed by atoms with E-state index in [1.54, 1.807) is 0 Å². The van der Waals surface area contributed by atoms with Gasteiger partial charge in [-0.1, -0.05) is 0 Å². The zero-order chi connectivity index (χ0) is 15.2. The molecular weight excluding hydrogens is 268 g/mol. The van der Waals surface area contributed by atoms with Crippen LogP contribution in [0.1, 0.15) is 39.5 Å². The Kier molecular flexibility index (Phi) is 13.3. The van der Waals surface area contributed by atoms with Gasteiger partial charge in [-0.2, -0.15) is 11.8 Å². The summed E-state index contributed by atoms with van der Waals surface area (Å²) >= 11 is 1.91. The van der Waals surface area contributed by atoms with E-state index in [0.29, 0.717) is 6.04 Å². The molecule has 0 bridgehead atoms. The standard InChI is InChI=1S/C15H34N4S/c1-14(2)19(4)12-8-6-10-17-15(16-3)18-11-7-9-13-20-5/h14H,6-13H2,1-5H3,(H2,16,17,18). The third kappa shape index (κ3) is 11.4. The number of aliphatic imine (C=N–C) groups is 1. The molecule has 0 saturated carbocycles. The highest BCUT2D eigenvalue weighted by atomic mass is 32.2. The molecule has 0 aliphatic rings.